The molecule has 1 aromatic heterocycles. The van der Waals surface area contributed by atoms with Gasteiger partial charge in [0.15, 0.2) is 6.79 Å². The normalized spacial score (nSPS) is 24.8. The Bertz CT molecular complexity index is 1670. The van der Waals surface area contributed by atoms with Crippen molar-refractivity contribution in [2.75, 3.05) is 76.2 Å². The Morgan fingerprint density at radius 3 is 2.81 bits per heavy atom. The van der Waals surface area contributed by atoms with Crippen molar-refractivity contribution in [1.82, 2.24) is 14.9 Å². The molecule has 47 heavy (non-hydrogen) atoms. The topological polar surface area (TPSA) is 92.7 Å². The number of aryl methyl sites for hydroxylation is 1. The van der Waals surface area contributed by atoms with Gasteiger partial charge in [0, 0.05) is 49.4 Å². The van der Waals surface area contributed by atoms with Crippen LogP contribution in [-0.4, -0.2) is 97.6 Å². The highest BCUT2D eigenvalue weighted by molar-refractivity contribution is 5.98. The zero-order valence-corrected chi connectivity index (χ0v) is 27.8. The van der Waals surface area contributed by atoms with Gasteiger partial charge >= 0.3 is 6.01 Å². The van der Waals surface area contributed by atoms with Crippen LogP contribution in [-0.2, 0) is 28.9 Å². The minimum absolute atomic E-state index is 0.0646. The minimum Gasteiger partial charge on any atom is -0.467 e. The Morgan fingerprint density at radius 2 is 1.98 bits per heavy atom. The Labute approximate surface area is 276 Å². The maximum atomic E-state index is 15.2. The van der Waals surface area contributed by atoms with E-state index in [9.17, 15) is 5.11 Å². The third-order valence-corrected chi connectivity index (χ3v) is 10.1. The summed E-state index contributed by atoms with van der Waals surface area (Å²) in [6.07, 6.45) is 4.37. The Hall–Kier alpha value is -3.51. The van der Waals surface area contributed by atoms with Crippen LogP contribution in [0.25, 0.3) is 10.8 Å². The van der Waals surface area contributed by atoms with Crippen LogP contribution in [0.5, 0.6) is 11.8 Å². The SMILES string of the molecule is C=C1CN2CCCC2(COc2nc3c(c(N4CCOC[C@@](C)(O)C4)n2)CCN(c2cc(OCOC)cc4ccc(F)c(CC)c24)C3)C1. The van der Waals surface area contributed by atoms with E-state index in [-0.39, 0.29) is 24.8 Å². The fourth-order valence-corrected chi connectivity index (χ4v) is 8.02. The molecular weight excluding hydrogens is 601 g/mol. The molecule has 1 N–H and O–H groups in total. The van der Waals surface area contributed by atoms with Crippen molar-refractivity contribution < 1.29 is 28.4 Å². The van der Waals surface area contributed by atoms with Gasteiger partial charge in [0.2, 0.25) is 0 Å². The zero-order valence-electron chi connectivity index (χ0n) is 27.8. The summed E-state index contributed by atoms with van der Waals surface area (Å²) >= 11 is 0. The first kappa shape index (κ1) is 32.1. The van der Waals surface area contributed by atoms with E-state index >= 15 is 4.39 Å². The average molecular weight is 648 g/mol. The van der Waals surface area contributed by atoms with Crippen LogP contribution >= 0.6 is 0 Å². The maximum absolute atomic E-state index is 15.2. The Kier molecular flexibility index (Phi) is 8.75. The fraction of sp³-hybridized carbons (Fsp3) is 0.556. The lowest BCUT2D eigenvalue weighted by Gasteiger charge is -2.36. The van der Waals surface area contributed by atoms with Gasteiger partial charge in [0.1, 0.15) is 29.6 Å². The number of anilines is 2. The van der Waals surface area contributed by atoms with Gasteiger partial charge in [-0.25, -0.2) is 4.39 Å². The second-order valence-corrected chi connectivity index (χ2v) is 13.8. The van der Waals surface area contributed by atoms with E-state index < -0.39 is 5.60 Å². The summed E-state index contributed by atoms with van der Waals surface area (Å²) in [6, 6.07) is 7.61. The van der Waals surface area contributed by atoms with Gasteiger partial charge in [0.25, 0.3) is 0 Å². The van der Waals surface area contributed by atoms with E-state index in [2.05, 4.69) is 21.3 Å². The van der Waals surface area contributed by atoms with E-state index in [1.54, 1.807) is 14.0 Å². The van der Waals surface area contributed by atoms with Crippen molar-refractivity contribution in [2.24, 2.45) is 0 Å². The fourth-order valence-electron chi connectivity index (χ4n) is 8.02. The van der Waals surface area contributed by atoms with E-state index in [1.165, 1.54) is 11.6 Å². The number of β-amino-alcohol motifs (C(OH)–C–C–N with tert-alkyl or cyclic N) is 1. The van der Waals surface area contributed by atoms with Gasteiger partial charge in [-0.3, -0.25) is 4.90 Å². The molecule has 3 fully saturated rings. The standard InChI is InChI=1S/C36H46FN5O5/c1-5-27-29(37)8-7-25-15-26(47-23-44-4)16-31(32(25)27)40-12-9-28-30(19-40)38-34(39-33(28)41-13-14-45-21-35(3,43)20-41)46-22-36-10-6-11-42(36)18-24(2)17-36/h7-8,15-16,43H,2,5-6,9-14,17-23H2,1,3-4H3/t35-,36?/m0/s1. The molecule has 10 nitrogen and oxygen atoms in total. The number of nitrogens with zero attached hydrogens (tertiary/aromatic N) is 5. The van der Waals surface area contributed by atoms with Crippen molar-refractivity contribution in [2.45, 2.75) is 63.6 Å². The van der Waals surface area contributed by atoms with Gasteiger partial charge in [-0.05, 0) is 68.7 Å². The van der Waals surface area contributed by atoms with Crippen LogP contribution in [0.15, 0.2) is 36.4 Å². The minimum atomic E-state index is -1.02. The molecule has 11 heteroatoms. The second-order valence-electron chi connectivity index (χ2n) is 13.8. The molecule has 2 aromatic carbocycles. The average Bonchev–Trinajstić information content (AvgIpc) is 3.51. The molecule has 3 saturated heterocycles. The first-order chi connectivity index (χ1) is 22.7. The summed E-state index contributed by atoms with van der Waals surface area (Å²) < 4.78 is 38.6. The lowest BCUT2D eigenvalue weighted by atomic mass is 9.94. The van der Waals surface area contributed by atoms with Crippen molar-refractivity contribution >= 4 is 22.3 Å². The van der Waals surface area contributed by atoms with Gasteiger partial charge in [0.05, 0.1) is 37.5 Å². The van der Waals surface area contributed by atoms with Crippen molar-refractivity contribution in [3.8, 4) is 11.8 Å². The number of ether oxygens (including phenoxy) is 4. The third-order valence-electron chi connectivity index (χ3n) is 10.1. The van der Waals surface area contributed by atoms with Crippen molar-refractivity contribution in [3.63, 3.8) is 0 Å². The number of hydrogen-bond acceptors (Lipinski definition) is 10. The molecule has 2 atom stereocenters. The third kappa shape index (κ3) is 6.26. The van der Waals surface area contributed by atoms with E-state index in [0.717, 1.165) is 65.9 Å². The molecule has 4 aliphatic rings. The summed E-state index contributed by atoms with van der Waals surface area (Å²) in [4.78, 5) is 16.9. The molecule has 0 spiro atoms. The lowest BCUT2D eigenvalue weighted by Crippen LogP contribution is -2.44. The van der Waals surface area contributed by atoms with Crippen LogP contribution in [0, 0.1) is 5.82 Å². The number of rotatable bonds is 9. The van der Waals surface area contributed by atoms with E-state index in [4.69, 9.17) is 28.9 Å². The monoisotopic (exact) mass is 647 g/mol. The van der Waals surface area contributed by atoms with Crippen LogP contribution in [0.2, 0.25) is 0 Å². The molecule has 0 amide bonds. The van der Waals surface area contributed by atoms with Gasteiger partial charge in [-0.15, -0.1) is 0 Å². The number of fused-ring (bicyclic) bond motifs is 3. The molecule has 0 aliphatic carbocycles. The van der Waals surface area contributed by atoms with Gasteiger partial charge in [-0.1, -0.05) is 25.1 Å². The number of halogens is 1. The summed E-state index contributed by atoms with van der Waals surface area (Å²) in [7, 11) is 1.59. The largest absolute Gasteiger partial charge is 0.467 e. The molecule has 252 valence electrons. The molecule has 0 saturated carbocycles. The molecule has 0 bridgehead atoms. The lowest BCUT2D eigenvalue weighted by molar-refractivity contribution is -0.0123. The van der Waals surface area contributed by atoms with Crippen molar-refractivity contribution in [3.05, 3.63) is 59.1 Å². The van der Waals surface area contributed by atoms with Crippen LogP contribution in [0.4, 0.5) is 15.9 Å². The Balaban J connectivity index is 1.28. The first-order valence-corrected chi connectivity index (χ1v) is 16.8. The van der Waals surface area contributed by atoms with E-state index in [0.29, 0.717) is 69.6 Å². The van der Waals surface area contributed by atoms with E-state index in [1.807, 2.05) is 25.1 Å². The number of methoxy groups -OCH3 is 1. The van der Waals surface area contributed by atoms with Crippen LogP contribution in [0.3, 0.4) is 0 Å². The maximum Gasteiger partial charge on any atom is 0.318 e. The highest BCUT2D eigenvalue weighted by Crippen LogP contribution is 2.42. The molecule has 1 unspecified atom stereocenters. The predicted molar refractivity (Wildman–Crippen MR) is 179 cm³/mol. The molecule has 7 rings (SSSR count). The molecule has 0 radical (unpaired) electrons. The highest BCUT2D eigenvalue weighted by atomic mass is 19.1. The second kappa shape index (κ2) is 12.8. The molecule has 3 aromatic rings. The van der Waals surface area contributed by atoms with Crippen molar-refractivity contribution in [1.29, 1.82) is 0 Å². The number of hydrogen-bond donors (Lipinski definition) is 1. The molecular formula is C36H46FN5O5. The smallest absolute Gasteiger partial charge is 0.318 e. The zero-order chi connectivity index (χ0) is 32.8. The molecule has 5 heterocycles. The predicted octanol–water partition coefficient (Wildman–Crippen LogP) is 4.64. The summed E-state index contributed by atoms with van der Waals surface area (Å²) in [5, 5.41) is 12.9. The summed E-state index contributed by atoms with van der Waals surface area (Å²) in [6.45, 7) is 13.5. The quantitative estimate of drug-likeness (QED) is 0.262. The Morgan fingerprint density at radius 1 is 1.11 bits per heavy atom. The number of aliphatic hydroxyl groups is 1. The summed E-state index contributed by atoms with van der Waals surface area (Å²) in [5.74, 6) is 1.23. The highest BCUT2D eigenvalue weighted by Gasteiger charge is 2.46. The van der Waals surface area contributed by atoms with Crippen LogP contribution < -0.4 is 19.3 Å². The number of aromatic nitrogens is 2. The van der Waals surface area contributed by atoms with Crippen LogP contribution in [0.1, 0.15) is 49.9 Å². The summed E-state index contributed by atoms with van der Waals surface area (Å²) in [5.41, 5.74) is 3.64. The molecule has 4 aliphatic heterocycles. The number of benzene rings is 2. The van der Waals surface area contributed by atoms with Gasteiger partial charge in [-0.2, -0.15) is 9.97 Å². The van der Waals surface area contributed by atoms with Gasteiger partial charge < -0.3 is 33.9 Å². The first-order valence-electron chi connectivity index (χ1n) is 16.8.